The lowest BCUT2D eigenvalue weighted by atomic mass is 9.75. The van der Waals surface area contributed by atoms with E-state index in [-0.39, 0.29) is 5.54 Å². The van der Waals surface area contributed by atoms with Gasteiger partial charge in [0.15, 0.2) is 0 Å². The summed E-state index contributed by atoms with van der Waals surface area (Å²) in [5.41, 5.74) is 7.22. The van der Waals surface area contributed by atoms with Crippen LogP contribution in [0.15, 0.2) is 0 Å². The van der Waals surface area contributed by atoms with Crippen LogP contribution in [0.4, 0.5) is 0 Å². The Kier molecular flexibility index (Phi) is 2.42. The SMILES string of the molecule is CC(C)(C)CCC1(N)CC2CCC1C2. The van der Waals surface area contributed by atoms with E-state index in [0.29, 0.717) is 5.41 Å². The molecule has 2 rings (SSSR count). The fourth-order valence-electron chi connectivity index (χ4n) is 3.40. The van der Waals surface area contributed by atoms with E-state index < -0.39 is 0 Å². The number of nitrogens with two attached hydrogens (primary N) is 1. The maximum Gasteiger partial charge on any atom is 0.0185 e. The average Bonchev–Trinajstić information content (AvgIpc) is 2.59. The number of hydrogen-bond acceptors (Lipinski definition) is 1. The van der Waals surface area contributed by atoms with Crippen molar-refractivity contribution in [2.75, 3.05) is 0 Å². The Bertz CT molecular complexity index is 216. The van der Waals surface area contributed by atoms with Gasteiger partial charge in [-0.05, 0) is 49.4 Å². The molecule has 2 bridgehead atoms. The smallest absolute Gasteiger partial charge is 0.0185 e. The van der Waals surface area contributed by atoms with Gasteiger partial charge in [-0.2, -0.15) is 0 Å². The predicted molar refractivity (Wildman–Crippen MR) is 61.1 cm³/mol. The molecule has 0 amide bonds. The zero-order valence-corrected chi connectivity index (χ0v) is 9.97. The van der Waals surface area contributed by atoms with Gasteiger partial charge in [-0.3, -0.25) is 0 Å². The van der Waals surface area contributed by atoms with E-state index in [9.17, 15) is 0 Å². The van der Waals surface area contributed by atoms with Gasteiger partial charge in [-0.25, -0.2) is 0 Å². The van der Waals surface area contributed by atoms with Crippen LogP contribution in [0.2, 0.25) is 0 Å². The molecule has 1 nitrogen and oxygen atoms in total. The monoisotopic (exact) mass is 195 g/mol. The summed E-state index contributed by atoms with van der Waals surface area (Å²) in [5.74, 6) is 1.83. The van der Waals surface area contributed by atoms with Gasteiger partial charge in [0.2, 0.25) is 0 Å². The van der Waals surface area contributed by atoms with Crippen molar-refractivity contribution in [2.45, 2.75) is 64.8 Å². The van der Waals surface area contributed by atoms with Crippen LogP contribution in [0, 0.1) is 17.3 Å². The van der Waals surface area contributed by atoms with Crippen LogP contribution in [-0.2, 0) is 0 Å². The zero-order chi connectivity index (χ0) is 10.4. The van der Waals surface area contributed by atoms with Gasteiger partial charge in [-0.15, -0.1) is 0 Å². The molecule has 0 heterocycles. The van der Waals surface area contributed by atoms with Gasteiger partial charge in [0.05, 0.1) is 0 Å². The van der Waals surface area contributed by atoms with Crippen molar-refractivity contribution in [1.29, 1.82) is 0 Å². The normalized spacial score (nSPS) is 42.0. The molecule has 2 N–H and O–H groups in total. The minimum absolute atomic E-state index is 0.218. The third-order valence-corrected chi connectivity index (χ3v) is 4.36. The molecule has 0 radical (unpaired) electrons. The second-order valence-electron chi connectivity index (χ2n) is 6.87. The second kappa shape index (κ2) is 3.23. The second-order valence-corrected chi connectivity index (χ2v) is 6.87. The van der Waals surface area contributed by atoms with Crippen molar-refractivity contribution < 1.29 is 0 Å². The fraction of sp³-hybridized carbons (Fsp3) is 1.00. The van der Waals surface area contributed by atoms with Crippen molar-refractivity contribution in [3.63, 3.8) is 0 Å². The number of hydrogen-bond donors (Lipinski definition) is 1. The average molecular weight is 195 g/mol. The van der Waals surface area contributed by atoms with Crippen LogP contribution in [0.1, 0.15) is 59.3 Å². The fourth-order valence-corrected chi connectivity index (χ4v) is 3.40. The molecule has 0 aromatic rings. The summed E-state index contributed by atoms with van der Waals surface area (Å²) in [7, 11) is 0. The summed E-state index contributed by atoms with van der Waals surface area (Å²) in [4.78, 5) is 0. The molecule has 0 aliphatic heterocycles. The lowest BCUT2D eigenvalue weighted by Crippen LogP contribution is -2.45. The third kappa shape index (κ3) is 1.98. The minimum Gasteiger partial charge on any atom is -0.325 e. The van der Waals surface area contributed by atoms with Crippen LogP contribution < -0.4 is 5.73 Å². The van der Waals surface area contributed by atoms with E-state index in [4.69, 9.17) is 5.73 Å². The first kappa shape index (κ1) is 10.5. The molecular weight excluding hydrogens is 170 g/mol. The Hall–Kier alpha value is -0.0400. The molecule has 0 saturated heterocycles. The molecule has 0 aromatic heterocycles. The van der Waals surface area contributed by atoms with Crippen molar-refractivity contribution in [3.05, 3.63) is 0 Å². The summed E-state index contributed by atoms with van der Waals surface area (Å²) in [5, 5.41) is 0. The largest absolute Gasteiger partial charge is 0.325 e. The molecule has 2 aliphatic rings. The first-order valence-electron chi connectivity index (χ1n) is 6.18. The molecule has 82 valence electrons. The maximum absolute atomic E-state index is 6.55. The van der Waals surface area contributed by atoms with E-state index >= 15 is 0 Å². The highest BCUT2D eigenvalue weighted by Gasteiger charge is 2.48. The van der Waals surface area contributed by atoms with Crippen molar-refractivity contribution in [3.8, 4) is 0 Å². The number of fused-ring (bicyclic) bond motifs is 2. The Morgan fingerprint density at radius 3 is 2.43 bits per heavy atom. The van der Waals surface area contributed by atoms with Crippen LogP contribution in [0.3, 0.4) is 0 Å². The summed E-state index contributed by atoms with van der Waals surface area (Å²) in [6.45, 7) is 6.97. The highest BCUT2D eigenvalue weighted by atomic mass is 14.8. The quantitative estimate of drug-likeness (QED) is 0.718. The summed E-state index contributed by atoms with van der Waals surface area (Å²) in [6.07, 6.45) is 8.14. The van der Waals surface area contributed by atoms with Crippen LogP contribution >= 0.6 is 0 Å². The summed E-state index contributed by atoms with van der Waals surface area (Å²) in [6, 6.07) is 0. The van der Waals surface area contributed by atoms with Crippen molar-refractivity contribution >= 4 is 0 Å². The van der Waals surface area contributed by atoms with Crippen molar-refractivity contribution in [2.24, 2.45) is 23.0 Å². The molecule has 2 aliphatic carbocycles. The van der Waals surface area contributed by atoms with E-state index in [2.05, 4.69) is 20.8 Å². The Morgan fingerprint density at radius 2 is 2.00 bits per heavy atom. The van der Waals surface area contributed by atoms with Crippen molar-refractivity contribution in [1.82, 2.24) is 0 Å². The van der Waals surface area contributed by atoms with Gasteiger partial charge >= 0.3 is 0 Å². The Morgan fingerprint density at radius 1 is 1.29 bits per heavy atom. The van der Waals surface area contributed by atoms with E-state index in [1.165, 1.54) is 38.5 Å². The lowest BCUT2D eigenvalue weighted by molar-refractivity contribution is 0.215. The highest BCUT2D eigenvalue weighted by molar-refractivity contribution is 5.04. The molecule has 0 aromatic carbocycles. The van der Waals surface area contributed by atoms with E-state index in [1.807, 2.05) is 0 Å². The van der Waals surface area contributed by atoms with E-state index in [0.717, 1.165) is 11.8 Å². The van der Waals surface area contributed by atoms with Gasteiger partial charge in [0.25, 0.3) is 0 Å². The maximum atomic E-state index is 6.55. The topological polar surface area (TPSA) is 26.0 Å². The molecule has 2 saturated carbocycles. The van der Waals surface area contributed by atoms with Gasteiger partial charge in [-0.1, -0.05) is 27.2 Å². The molecule has 14 heavy (non-hydrogen) atoms. The van der Waals surface area contributed by atoms with E-state index in [1.54, 1.807) is 0 Å². The molecule has 2 fully saturated rings. The number of rotatable bonds is 2. The van der Waals surface area contributed by atoms with Gasteiger partial charge in [0.1, 0.15) is 0 Å². The highest BCUT2D eigenvalue weighted by Crippen LogP contribution is 2.51. The molecular formula is C13H25N. The molecule has 3 unspecified atom stereocenters. The minimum atomic E-state index is 0.218. The van der Waals surface area contributed by atoms with Crippen LogP contribution in [-0.4, -0.2) is 5.54 Å². The molecule has 1 heteroatoms. The Labute approximate surface area is 88.4 Å². The van der Waals surface area contributed by atoms with Crippen LogP contribution in [0.5, 0.6) is 0 Å². The molecule has 3 atom stereocenters. The predicted octanol–water partition coefficient (Wildman–Crippen LogP) is 3.33. The van der Waals surface area contributed by atoms with Crippen LogP contribution in [0.25, 0.3) is 0 Å². The molecule has 0 spiro atoms. The standard InChI is InChI=1S/C13H25N/c1-12(2,3)6-7-13(14)9-10-4-5-11(13)8-10/h10-11H,4-9,14H2,1-3H3. The summed E-state index contributed by atoms with van der Waals surface area (Å²) >= 11 is 0. The first-order chi connectivity index (χ1) is 6.39. The Balaban J connectivity index is 1.91. The summed E-state index contributed by atoms with van der Waals surface area (Å²) < 4.78 is 0. The lowest BCUT2D eigenvalue weighted by Gasteiger charge is -2.36. The van der Waals surface area contributed by atoms with Gasteiger partial charge in [0, 0.05) is 5.54 Å². The zero-order valence-electron chi connectivity index (χ0n) is 9.97. The third-order valence-electron chi connectivity index (χ3n) is 4.36. The van der Waals surface area contributed by atoms with Gasteiger partial charge < -0.3 is 5.73 Å². The first-order valence-corrected chi connectivity index (χ1v) is 6.18.